The molecule has 0 spiro atoms. The number of benzene rings is 2. The molecule has 1 N–H and O–H groups in total. The van der Waals surface area contributed by atoms with Crippen molar-refractivity contribution in [1.82, 2.24) is 0 Å². The second-order valence-electron chi connectivity index (χ2n) is 3.76. The molecule has 86 valence electrons. The first-order chi connectivity index (χ1) is 8.11. The molecule has 2 aromatic rings. The van der Waals surface area contributed by atoms with Crippen LogP contribution in [0.15, 0.2) is 42.5 Å². The molecule has 0 saturated heterocycles. The Kier molecular flexibility index (Phi) is 2.91. The van der Waals surface area contributed by atoms with E-state index in [2.05, 4.69) is 0 Å². The van der Waals surface area contributed by atoms with Gasteiger partial charge in [-0.2, -0.15) is 0 Å². The summed E-state index contributed by atoms with van der Waals surface area (Å²) in [6.07, 6.45) is 0. The van der Waals surface area contributed by atoms with Gasteiger partial charge in [0.15, 0.2) is 0 Å². The predicted molar refractivity (Wildman–Crippen MR) is 63.5 cm³/mol. The van der Waals surface area contributed by atoms with Crippen molar-refractivity contribution in [2.45, 2.75) is 6.92 Å². The number of hydrogen-bond donors (Lipinski definition) is 1. The molecule has 0 aliphatic rings. The SMILES string of the molecule is Cc1c(F)cccc1-c1ccccc1C(=O)O. The third-order valence-corrected chi connectivity index (χ3v) is 2.72. The van der Waals surface area contributed by atoms with E-state index in [0.29, 0.717) is 16.7 Å². The monoisotopic (exact) mass is 230 g/mol. The Morgan fingerprint density at radius 2 is 1.71 bits per heavy atom. The van der Waals surface area contributed by atoms with Crippen LogP contribution in [-0.2, 0) is 0 Å². The molecule has 0 fully saturated rings. The smallest absolute Gasteiger partial charge is 0.336 e. The summed E-state index contributed by atoms with van der Waals surface area (Å²) >= 11 is 0. The minimum absolute atomic E-state index is 0.182. The highest BCUT2D eigenvalue weighted by Crippen LogP contribution is 2.28. The average molecular weight is 230 g/mol. The van der Waals surface area contributed by atoms with Crippen molar-refractivity contribution < 1.29 is 14.3 Å². The summed E-state index contributed by atoms with van der Waals surface area (Å²) < 4.78 is 13.5. The quantitative estimate of drug-likeness (QED) is 0.857. The van der Waals surface area contributed by atoms with E-state index in [0.717, 1.165) is 0 Å². The standard InChI is InChI=1S/C14H11FO2/c1-9-10(7-4-8-13(9)15)11-5-2-3-6-12(11)14(16)17/h2-8H,1H3,(H,16,17). The zero-order chi connectivity index (χ0) is 12.4. The maximum atomic E-state index is 13.5. The van der Waals surface area contributed by atoms with Crippen molar-refractivity contribution in [3.8, 4) is 11.1 Å². The molecule has 0 aliphatic carbocycles. The number of halogens is 1. The molecule has 2 aromatic carbocycles. The van der Waals surface area contributed by atoms with E-state index in [9.17, 15) is 9.18 Å². The molecule has 0 amide bonds. The molecule has 0 radical (unpaired) electrons. The zero-order valence-corrected chi connectivity index (χ0v) is 9.27. The molecular weight excluding hydrogens is 219 g/mol. The Morgan fingerprint density at radius 1 is 1.06 bits per heavy atom. The van der Waals surface area contributed by atoms with Crippen molar-refractivity contribution in [2.24, 2.45) is 0 Å². The summed E-state index contributed by atoms with van der Waals surface area (Å²) in [5.41, 5.74) is 1.79. The van der Waals surface area contributed by atoms with E-state index < -0.39 is 5.97 Å². The number of carbonyl (C=O) groups is 1. The predicted octanol–water partition coefficient (Wildman–Crippen LogP) is 3.50. The lowest BCUT2D eigenvalue weighted by Crippen LogP contribution is -2.00. The number of carboxylic acids is 1. The van der Waals surface area contributed by atoms with Crippen LogP contribution in [-0.4, -0.2) is 11.1 Å². The zero-order valence-electron chi connectivity index (χ0n) is 9.27. The minimum atomic E-state index is -1.01. The summed E-state index contributed by atoms with van der Waals surface area (Å²) in [5.74, 6) is -1.34. The summed E-state index contributed by atoms with van der Waals surface area (Å²) in [7, 11) is 0. The van der Waals surface area contributed by atoms with Gasteiger partial charge in [-0.1, -0.05) is 30.3 Å². The fraction of sp³-hybridized carbons (Fsp3) is 0.0714. The molecule has 3 heteroatoms. The van der Waals surface area contributed by atoms with E-state index in [1.54, 1.807) is 37.3 Å². The van der Waals surface area contributed by atoms with Crippen LogP contribution in [0, 0.1) is 12.7 Å². The highest BCUT2D eigenvalue weighted by molar-refractivity contribution is 5.96. The van der Waals surface area contributed by atoms with Gasteiger partial charge in [0.1, 0.15) is 5.82 Å². The van der Waals surface area contributed by atoms with E-state index in [1.807, 2.05) is 0 Å². The molecule has 0 aliphatic heterocycles. The Morgan fingerprint density at radius 3 is 2.41 bits per heavy atom. The summed E-state index contributed by atoms with van der Waals surface area (Å²) in [6.45, 7) is 1.64. The van der Waals surface area contributed by atoms with Gasteiger partial charge in [-0.25, -0.2) is 9.18 Å². The molecule has 2 nitrogen and oxygen atoms in total. The van der Waals surface area contributed by atoms with Crippen molar-refractivity contribution in [2.75, 3.05) is 0 Å². The van der Waals surface area contributed by atoms with Crippen LogP contribution in [0.1, 0.15) is 15.9 Å². The van der Waals surface area contributed by atoms with Gasteiger partial charge >= 0.3 is 5.97 Å². The van der Waals surface area contributed by atoms with Gasteiger partial charge in [0.2, 0.25) is 0 Å². The molecular formula is C14H11FO2. The van der Waals surface area contributed by atoms with Gasteiger partial charge in [-0.05, 0) is 35.7 Å². The number of carboxylic acid groups (broad SMARTS) is 1. The molecule has 0 aromatic heterocycles. The molecule has 0 saturated carbocycles. The van der Waals surface area contributed by atoms with Gasteiger partial charge in [0.25, 0.3) is 0 Å². The molecule has 0 heterocycles. The first-order valence-electron chi connectivity index (χ1n) is 5.19. The van der Waals surface area contributed by atoms with Crippen LogP contribution >= 0.6 is 0 Å². The van der Waals surface area contributed by atoms with Crippen molar-refractivity contribution >= 4 is 5.97 Å². The highest BCUT2D eigenvalue weighted by atomic mass is 19.1. The molecule has 17 heavy (non-hydrogen) atoms. The Balaban J connectivity index is 2.69. The topological polar surface area (TPSA) is 37.3 Å². The van der Waals surface area contributed by atoms with E-state index in [4.69, 9.17) is 5.11 Å². The van der Waals surface area contributed by atoms with Crippen molar-refractivity contribution in [1.29, 1.82) is 0 Å². The molecule has 0 unspecified atom stereocenters. The second kappa shape index (κ2) is 4.37. The van der Waals surface area contributed by atoms with Crippen molar-refractivity contribution in [3.05, 3.63) is 59.4 Å². The third-order valence-electron chi connectivity index (χ3n) is 2.72. The average Bonchev–Trinajstić information content (AvgIpc) is 2.33. The van der Waals surface area contributed by atoms with Gasteiger partial charge in [-0.15, -0.1) is 0 Å². The first kappa shape index (κ1) is 11.3. The lowest BCUT2D eigenvalue weighted by atomic mass is 9.96. The first-order valence-corrected chi connectivity index (χ1v) is 5.19. The van der Waals surface area contributed by atoms with Crippen LogP contribution < -0.4 is 0 Å². The largest absolute Gasteiger partial charge is 0.478 e. The van der Waals surface area contributed by atoms with Crippen molar-refractivity contribution in [3.63, 3.8) is 0 Å². The lowest BCUT2D eigenvalue weighted by molar-refractivity contribution is 0.0697. The molecule has 0 atom stereocenters. The second-order valence-corrected chi connectivity index (χ2v) is 3.76. The number of rotatable bonds is 2. The summed E-state index contributed by atoms with van der Waals surface area (Å²) in [6, 6.07) is 11.3. The minimum Gasteiger partial charge on any atom is -0.478 e. The summed E-state index contributed by atoms with van der Waals surface area (Å²) in [4.78, 5) is 11.1. The third kappa shape index (κ3) is 2.04. The fourth-order valence-corrected chi connectivity index (χ4v) is 1.80. The number of hydrogen-bond acceptors (Lipinski definition) is 1. The van der Waals surface area contributed by atoms with Gasteiger partial charge in [0.05, 0.1) is 5.56 Å². The maximum Gasteiger partial charge on any atom is 0.336 e. The number of aromatic carboxylic acids is 1. The molecule has 0 bridgehead atoms. The normalized spacial score (nSPS) is 10.2. The van der Waals surface area contributed by atoms with Gasteiger partial charge in [0, 0.05) is 0 Å². The summed E-state index contributed by atoms with van der Waals surface area (Å²) in [5, 5.41) is 9.09. The lowest BCUT2D eigenvalue weighted by Gasteiger charge is -2.09. The van der Waals surface area contributed by atoms with Gasteiger partial charge in [-0.3, -0.25) is 0 Å². The van der Waals surface area contributed by atoms with Crippen LogP contribution in [0.4, 0.5) is 4.39 Å². The van der Waals surface area contributed by atoms with E-state index >= 15 is 0 Å². The molecule has 2 rings (SSSR count). The van der Waals surface area contributed by atoms with Crippen LogP contribution in [0.5, 0.6) is 0 Å². The maximum absolute atomic E-state index is 13.5. The Labute approximate surface area is 98.3 Å². The van der Waals surface area contributed by atoms with Crippen LogP contribution in [0.2, 0.25) is 0 Å². The Hall–Kier alpha value is -2.16. The van der Waals surface area contributed by atoms with Crippen LogP contribution in [0.3, 0.4) is 0 Å². The van der Waals surface area contributed by atoms with Crippen LogP contribution in [0.25, 0.3) is 11.1 Å². The Bertz CT molecular complexity index is 576. The fourth-order valence-electron chi connectivity index (χ4n) is 1.80. The highest BCUT2D eigenvalue weighted by Gasteiger charge is 2.13. The van der Waals surface area contributed by atoms with E-state index in [1.165, 1.54) is 12.1 Å². The van der Waals surface area contributed by atoms with Gasteiger partial charge < -0.3 is 5.11 Å². The van der Waals surface area contributed by atoms with E-state index in [-0.39, 0.29) is 11.4 Å².